The zero-order valence-corrected chi connectivity index (χ0v) is 21.4. The second-order valence-corrected chi connectivity index (χ2v) is 10.5. The summed E-state index contributed by atoms with van der Waals surface area (Å²) < 4.78 is 24.2. The van der Waals surface area contributed by atoms with Crippen molar-refractivity contribution in [3.05, 3.63) is 73.1 Å². The Hall–Kier alpha value is -4.70. The number of carbonyl (C=O) groups excluding carboxylic acids is 1. The molecule has 3 fully saturated rings. The van der Waals surface area contributed by atoms with Crippen molar-refractivity contribution in [2.24, 2.45) is 11.8 Å². The predicted octanol–water partition coefficient (Wildman–Crippen LogP) is 2.12. The van der Waals surface area contributed by atoms with Crippen LogP contribution in [-0.4, -0.2) is 78.0 Å². The number of likely N-dealkylation sites (tertiary alicyclic amines) is 1. The van der Waals surface area contributed by atoms with Gasteiger partial charge in [0.15, 0.2) is 0 Å². The molecule has 13 heteroatoms. The van der Waals surface area contributed by atoms with Gasteiger partial charge in [0.2, 0.25) is 0 Å². The number of amides is 1. The number of fused-ring (bicyclic) bond motifs is 1. The summed E-state index contributed by atoms with van der Waals surface area (Å²) >= 11 is 0. The molecule has 1 aliphatic carbocycles. The van der Waals surface area contributed by atoms with E-state index in [1.54, 1.807) is 48.1 Å². The molecule has 0 N–H and O–H groups in total. The summed E-state index contributed by atoms with van der Waals surface area (Å²) in [5.41, 5.74) is 1.54. The molecule has 2 unspecified atom stereocenters. The molecule has 4 aromatic rings. The Kier molecular flexibility index (Phi) is 5.78. The molecule has 1 amide bonds. The second-order valence-electron chi connectivity index (χ2n) is 10.5. The van der Waals surface area contributed by atoms with Gasteiger partial charge in [-0.05, 0) is 24.3 Å². The standard InChI is InChI=1S/C27H25FN10O2/c28-24-9-19(38-12-20(40-26(38)39)11-37-6-5-31-34-37)2-3-21(24)18-1-4-25(30-10-18)27(15-29)22-13-35(14-23(22)27)7-8-36-16-32-33-17-36/h1-6,9-10,16-17,20,22-23H,7-8,11-14H2/t20-,22?,23?,27?/m0/s1. The number of cyclic esters (lactones) is 1. The zero-order chi connectivity index (χ0) is 27.3. The molecule has 202 valence electrons. The lowest BCUT2D eigenvalue weighted by molar-refractivity contribution is 0.129. The largest absolute Gasteiger partial charge is 0.442 e. The fourth-order valence-corrected chi connectivity index (χ4v) is 6.16. The number of nitriles is 1. The highest BCUT2D eigenvalue weighted by atomic mass is 19.1. The molecule has 1 saturated carbocycles. The molecule has 1 aromatic carbocycles. The number of halogens is 1. The number of nitrogens with zero attached hydrogens (tertiary/aromatic N) is 10. The van der Waals surface area contributed by atoms with E-state index in [2.05, 4.69) is 36.5 Å². The molecule has 3 aliphatic rings. The highest BCUT2D eigenvalue weighted by molar-refractivity contribution is 5.90. The van der Waals surface area contributed by atoms with Crippen molar-refractivity contribution in [2.45, 2.75) is 24.6 Å². The number of hydrogen-bond acceptors (Lipinski definition) is 9. The topological polar surface area (TPSA) is 131 Å². The predicted molar refractivity (Wildman–Crippen MR) is 138 cm³/mol. The van der Waals surface area contributed by atoms with E-state index in [1.807, 2.05) is 16.7 Å². The van der Waals surface area contributed by atoms with Crippen LogP contribution in [0.3, 0.4) is 0 Å². The molecule has 3 aromatic heterocycles. The zero-order valence-electron chi connectivity index (χ0n) is 21.4. The normalized spacial score (nSPS) is 25.6. The number of ether oxygens (including phenoxy) is 1. The van der Waals surface area contributed by atoms with Crippen molar-refractivity contribution in [1.82, 2.24) is 39.6 Å². The van der Waals surface area contributed by atoms with Crippen molar-refractivity contribution in [3.63, 3.8) is 0 Å². The van der Waals surface area contributed by atoms with Crippen LogP contribution in [0.5, 0.6) is 0 Å². The summed E-state index contributed by atoms with van der Waals surface area (Å²) in [5, 5.41) is 25.4. The molecule has 0 spiro atoms. The Bertz CT molecular complexity index is 1560. The summed E-state index contributed by atoms with van der Waals surface area (Å²) in [5.74, 6) is 0.00404. The van der Waals surface area contributed by atoms with Crippen LogP contribution in [0.4, 0.5) is 14.9 Å². The minimum atomic E-state index is -0.590. The molecular formula is C27H25FN10O2. The van der Waals surface area contributed by atoms with E-state index in [9.17, 15) is 10.1 Å². The Balaban J connectivity index is 1.01. The smallest absolute Gasteiger partial charge is 0.414 e. The molecule has 2 saturated heterocycles. The quantitative estimate of drug-likeness (QED) is 0.330. The monoisotopic (exact) mass is 540 g/mol. The van der Waals surface area contributed by atoms with E-state index in [4.69, 9.17) is 4.74 Å². The highest BCUT2D eigenvalue weighted by Crippen LogP contribution is 2.62. The Morgan fingerprint density at radius 3 is 2.58 bits per heavy atom. The Labute approximate surface area is 228 Å². The number of carbonyl (C=O) groups is 1. The Morgan fingerprint density at radius 1 is 1.07 bits per heavy atom. The van der Waals surface area contributed by atoms with Gasteiger partial charge >= 0.3 is 6.09 Å². The van der Waals surface area contributed by atoms with Crippen LogP contribution in [0.1, 0.15) is 5.69 Å². The molecule has 5 heterocycles. The summed E-state index contributed by atoms with van der Waals surface area (Å²) in [4.78, 5) is 20.8. The SMILES string of the molecule is N#CC1(c2ccc(-c3ccc(N4C[C@H](Cn5ccnn5)OC4=O)cc3F)cn2)C2CN(CCn3cnnc3)CC21. The van der Waals surface area contributed by atoms with Crippen molar-refractivity contribution >= 4 is 11.8 Å². The fourth-order valence-electron chi connectivity index (χ4n) is 6.16. The van der Waals surface area contributed by atoms with Crippen molar-refractivity contribution in [3.8, 4) is 17.2 Å². The van der Waals surface area contributed by atoms with E-state index in [0.717, 1.165) is 31.9 Å². The minimum absolute atomic E-state index is 0.237. The van der Waals surface area contributed by atoms with Gasteiger partial charge in [0.05, 0.1) is 36.7 Å². The lowest BCUT2D eigenvalue weighted by Crippen LogP contribution is -2.32. The number of anilines is 1. The Morgan fingerprint density at radius 2 is 1.90 bits per heavy atom. The van der Waals surface area contributed by atoms with Gasteiger partial charge in [0.25, 0.3) is 0 Å². The number of pyridine rings is 1. The number of piperidine rings is 1. The third-order valence-electron chi connectivity index (χ3n) is 8.28. The number of rotatable bonds is 8. The maximum absolute atomic E-state index is 15.2. The minimum Gasteiger partial charge on any atom is -0.442 e. The molecule has 2 aliphatic heterocycles. The van der Waals surface area contributed by atoms with Crippen molar-refractivity contribution in [1.29, 1.82) is 5.26 Å². The third kappa shape index (κ3) is 4.08. The molecule has 12 nitrogen and oxygen atoms in total. The number of hydrogen-bond donors (Lipinski definition) is 0. The highest BCUT2D eigenvalue weighted by Gasteiger charge is 2.70. The van der Waals surface area contributed by atoms with Crippen molar-refractivity contribution < 1.29 is 13.9 Å². The third-order valence-corrected chi connectivity index (χ3v) is 8.28. The maximum atomic E-state index is 15.2. The van der Waals surface area contributed by atoms with E-state index >= 15 is 4.39 Å². The summed E-state index contributed by atoms with van der Waals surface area (Å²) in [7, 11) is 0. The van der Waals surface area contributed by atoms with Crippen LogP contribution in [0.2, 0.25) is 0 Å². The molecule has 7 rings (SSSR count). The van der Waals surface area contributed by atoms with E-state index in [1.165, 1.54) is 11.0 Å². The van der Waals surface area contributed by atoms with Gasteiger partial charge in [-0.25, -0.2) is 13.9 Å². The lowest BCUT2D eigenvalue weighted by Gasteiger charge is -2.22. The van der Waals surface area contributed by atoms with Crippen LogP contribution in [0, 0.1) is 29.0 Å². The first-order valence-corrected chi connectivity index (χ1v) is 13.1. The number of benzene rings is 1. The van der Waals surface area contributed by atoms with Gasteiger partial charge in [0.1, 0.15) is 30.0 Å². The van der Waals surface area contributed by atoms with Gasteiger partial charge in [-0.1, -0.05) is 11.3 Å². The van der Waals surface area contributed by atoms with Gasteiger partial charge in [-0.15, -0.1) is 15.3 Å². The first-order chi connectivity index (χ1) is 19.5. The average molecular weight is 541 g/mol. The molecule has 3 atom stereocenters. The molecular weight excluding hydrogens is 515 g/mol. The van der Waals surface area contributed by atoms with E-state index in [-0.39, 0.29) is 18.4 Å². The second kappa shape index (κ2) is 9.49. The molecule has 0 bridgehead atoms. The lowest BCUT2D eigenvalue weighted by atomic mass is 9.95. The molecule has 40 heavy (non-hydrogen) atoms. The van der Waals surface area contributed by atoms with E-state index < -0.39 is 23.4 Å². The van der Waals surface area contributed by atoms with Gasteiger partial charge in [0, 0.05) is 61.5 Å². The number of aromatic nitrogens is 7. The van der Waals surface area contributed by atoms with Gasteiger partial charge in [-0.2, -0.15) is 5.26 Å². The summed E-state index contributed by atoms with van der Waals surface area (Å²) in [6.45, 7) is 4.03. The summed E-state index contributed by atoms with van der Waals surface area (Å²) in [6, 6.07) is 10.9. The maximum Gasteiger partial charge on any atom is 0.414 e. The van der Waals surface area contributed by atoms with Crippen LogP contribution >= 0.6 is 0 Å². The van der Waals surface area contributed by atoms with Crippen LogP contribution in [-0.2, 0) is 23.2 Å². The van der Waals surface area contributed by atoms with Gasteiger partial charge < -0.3 is 14.2 Å². The first kappa shape index (κ1) is 24.3. The average Bonchev–Trinajstić information content (AvgIpc) is 3.64. The van der Waals surface area contributed by atoms with Crippen LogP contribution in [0.25, 0.3) is 11.1 Å². The fraction of sp³-hybridized carbons (Fsp3) is 0.370. The van der Waals surface area contributed by atoms with Crippen molar-refractivity contribution in [2.75, 3.05) is 31.1 Å². The first-order valence-electron chi connectivity index (χ1n) is 13.1. The van der Waals surface area contributed by atoms with Crippen LogP contribution in [0.15, 0.2) is 61.6 Å². The van der Waals surface area contributed by atoms with Gasteiger partial charge in [-0.3, -0.25) is 9.88 Å². The van der Waals surface area contributed by atoms with Crippen LogP contribution < -0.4 is 4.90 Å². The summed E-state index contributed by atoms with van der Waals surface area (Å²) in [6.07, 6.45) is 7.34. The molecule has 0 radical (unpaired) electrons. The van der Waals surface area contributed by atoms with E-state index in [0.29, 0.717) is 23.4 Å².